The average Bonchev–Trinajstić information content (AvgIpc) is 2.07. The maximum atomic E-state index is 8.24. The van der Waals surface area contributed by atoms with Crippen LogP contribution in [0.4, 0.5) is 0 Å². The summed E-state index contributed by atoms with van der Waals surface area (Å²) in [6.45, 7) is 0. The Labute approximate surface area is 66.6 Å². The maximum absolute atomic E-state index is 8.24. The third-order valence-corrected chi connectivity index (χ3v) is 1.14. The van der Waals surface area contributed by atoms with Crippen molar-refractivity contribution in [3.63, 3.8) is 0 Å². The molecule has 5 heteroatoms. The van der Waals surface area contributed by atoms with Gasteiger partial charge in [0.05, 0.1) is 0 Å². The summed E-state index contributed by atoms with van der Waals surface area (Å²) in [6.07, 6.45) is 0. The molecule has 56 valence electrons. The van der Waals surface area contributed by atoms with Gasteiger partial charge in [0.25, 0.3) is 0 Å². The van der Waals surface area contributed by atoms with Gasteiger partial charge in [0, 0.05) is 0 Å². The highest BCUT2D eigenvalue weighted by atomic mass is 16.6. The second-order valence-corrected chi connectivity index (χ2v) is 1.91. The van der Waals surface area contributed by atoms with Gasteiger partial charge in [-0.15, -0.1) is 0 Å². The van der Waals surface area contributed by atoms with E-state index in [4.69, 9.17) is 9.68 Å². The van der Waals surface area contributed by atoms with E-state index >= 15 is 0 Å². The zero-order chi connectivity index (χ0) is 7.94. The van der Waals surface area contributed by atoms with Crippen molar-refractivity contribution in [3.8, 4) is 5.75 Å². The highest BCUT2D eigenvalue weighted by Gasteiger charge is 1.93. The summed E-state index contributed by atoms with van der Waals surface area (Å²) in [5, 5.41) is 8.24. The summed E-state index contributed by atoms with van der Waals surface area (Å²) in [5.74, 6) is 0.737. The van der Waals surface area contributed by atoms with Crippen LogP contribution < -0.4 is 4.65 Å². The van der Waals surface area contributed by atoms with E-state index in [9.17, 15) is 0 Å². The maximum Gasteiger partial charge on any atom is 0.492 e. The Balaban J connectivity index is 2.28. The van der Waals surface area contributed by atoms with Crippen LogP contribution in [0.25, 0.3) is 0 Å². The summed E-state index contributed by atoms with van der Waals surface area (Å²) in [7, 11) is -0.229. The Morgan fingerprint density at radius 2 is 1.91 bits per heavy atom. The van der Waals surface area contributed by atoms with Crippen LogP contribution in [-0.2, 0) is 4.57 Å². The van der Waals surface area contributed by atoms with Gasteiger partial charge in [-0.3, -0.25) is 0 Å². The molecule has 0 saturated heterocycles. The normalized spacial score (nSPS) is 8.82. The van der Waals surface area contributed by atoms with Crippen LogP contribution in [0.2, 0.25) is 0 Å². The molecule has 0 aliphatic carbocycles. The van der Waals surface area contributed by atoms with Gasteiger partial charge in [0.1, 0.15) is 5.75 Å². The van der Waals surface area contributed by atoms with Gasteiger partial charge in [-0.25, -0.2) is 0 Å². The first-order chi connectivity index (χ1) is 5.43. The third-order valence-electron chi connectivity index (χ3n) is 1.14. The minimum absolute atomic E-state index is 0.0838. The fourth-order valence-electron chi connectivity index (χ4n) is 0.664. The second-order valence-electron chi connectivity index (χ2n) is 1.91. The second kappa shape index (κ2) is 4.82. The molecule has 0 fully saturated rings. The first kappa shape index (κ1) is 8.17. The van der Waals surface area contributed by atoms with Crippen LogP contribution in [0.1, 0.15) is 0 Å². The molecule has 0 bridgehead atoms. The molecule has 0 atom stereocenters. The van der Waals surface area contributed by atoms with Crippen LogP contribution in [0.5, 0.6) is 5.75 Å². The molecule has 0 radical (unpaired) electrons. The fraction of sp³-hybridized carbons (Fsp3) is 0. The highest BCUT2D eigenvalue weighted by Crippen LogP contribution is 2.06. The molecule has 0 spiro atoms. The van der Waals surface area contributed by atoms with E-state index in [0.29, 0.717) is 0 Å². The largest absolute Gasteiger partial charge is 0.539 e. The topological polar surface area (TPSA) is 38.7 Å². The SMILES string of the molecule is OBOBOc1ccccc1. The lowest BCUT2D eigenvalue weighted by molar-refractivity contribution is 0.413. The standard InChI is InChI=1S/C6H8B2O3/c9-7-11-8-10-6-4-2-1-3-5-6/h1-5,7-9H. The molecule has 0 aromatic heterocycles. The molecular weight excluding hydrogens is 142 g/mol. The first-order valence-electron chi connectivity index (χ1n) is 3.30. The summed E-state index contributed by atoms with van der Waals surface area (Å²) in [5.41, 5.74) is 0. The van der Waals surface area contributed by atoms with Crippen molar-refractivity contribution in [2.24, 2.45) is 0 Å². The first-order valence-corrected chi connectivity index (χ1v) is 3.30. The highest BCUT2D eigenvalue weighted by molar-refractivity contribution is 6.34. The quantitative estimate of drug-likeness (QED) is 0.468. The van der Waals surface area contributed by atoms with E-state index in [-0.39, 0.29) is 15.4 Å². The molecule has 0 saturated carbocycles. The Hall–Kier alpha value is -0.930. The van der Waals surface area contributed by atoms with Crippen LogP contribution >= 0.6 is 0 Å². The van der Waals surface area contributed by atoms with Gasteiger partial charge in [-0.2, -0.15) is 0 Å². The smallest absolute Gasteiger partial charge is 0.492 e. The molecular formula is C6H8B2O3. The van der Waals surface area contributed by atoms with E-state index in [1.165, 1.54) is 0 Å². The van der Waals surface area contributed by atoms with Gasteiger partial charge < -0.3 is 14.3 Å². The zero-order valence-electron chi connectivity index (χ0n) is 6.06. The van der Waals surface area contributed by atoms with Crippen molar-refractivity contribution in [1.29, 1.82) is 0 Å². The Kier molecular flexibility index (Phi) is 3.58. The Morgan fingerprint density at radius 3 is 2.55 bits per heavy atom. The summed E-state index contributed by atoms with van der Waals surface area (Å²) < 4.78 is 9.63. The molecule has 0 aliphatic heterocycles. The summed E-state index contributed by atoms with van der Waals surface area (Å²) in [4.78, 5) is 0. The molecule has 1 aromatic carbocycles. The van der Waals surface area contributed by atoms with Crippen LogP contribution in [0.3, 0.4) is 0 Å². The Morgan fingerprint density at radius 1 is 1.18 bits per heavy atom. The summed E-state index contributed by atoms with van der Waals surface area (Å²) in [6, 6.07) is 9.28. The van der Waals surface area contributed by atoms with Gasteiger partial charge >= 0.3 is 15.4 Å². The van der Waals surface area contributed by atoms with Crippen LogP contribution in [0.15, 0.2) is 30.3 Å². The van der Waals surface area contributed by atoms with E-state index in [1.807, 2.05) is 30.3 Å². The predicted octanol–water partition coefficient (Wildman–Crippen LogP) is -0.393. The molecule has 0 aliphatic rings. The van der Waals surface area contributed by atoms with E-state index in [1.54, 1.807) is 0 Å². The average molecular weight is 150 g/mol. The molecule has 3 nitrogen and oxygen atoms in total. The summed E-state index contributed by atoms with van der Waals surface area (Å²) >= 11 is 0. The minimum atomic E-state index is -0.313. The molecule has 11 heavy (non-hydrogen) atoms. The van der Waals surface area contributed by atoms with Gasteiger partial charge in [0.2, 0.25) is 0 Å². The van der Waals surface area contributed by atoms with Gasteiger partial charge in [-0.05, 0) is 12.1 Å². The number of hydrogen-bond acceptors (Lipinski definition) is 3. The third kappa shape index (κ3) is 3.11. The predicted molar refractivity (Wildman–Crippen MR) is 44.7 cm³/mol. The molecule has 1 aromatic rings. The lowest BCUT2D eigenvalue weighted by Gasteiger charge is -2.02. The lowest BCUT2D eigenvalue weighted by atomic mass is 10.2. The van der Waals surface area contributed by atoms with Crippen molar-refractivity contribution in [2.75, 3.05) is 0 Å². The number of rotatable bonds is 4. The fourth-order valence-corrected chi connectivity index (χ4v) is 0.664. The monoisotopic (exact) mass is 150 g/mol. The van der Waals surface area contributed by atoms with Crippen molar-refractivity contribution >= 4 is 15.4 Å². The van der Waals surface area contributed by atoms with E-state index in [2.05, 4.69) is 4.57 Å². The molecule has 1 rings (SSSR count). The van der Waals surface area contributed by atoms with E-state index < -0.39 is 0 Å². The van der Waals surface area contributed by atoms with Crippen molar-refractivity contribution < 1.29 is 14.3 Å². The minimum Gasteiger partial charge on any atom is -0.539 e. The number of hydrogen-bond donors (Lipinski definition) is 1. The Bertz CT molecular complexity index is 192. The van der Waals surface area contributed by atoms with Crippen LogP contribution in [0, 0.1) is 0 Å². The van der Waals surface area contributed by atoms with E-state index in [0.717, 1.165) is 5.75 Å². The van der Waals surface area contributed by atoms with Crippen molar-refractivity contribution in [2.45, 2.75) is 0 Å². The molecule has 0 amide bonds. The van der Waals surface area contributed by atoms with Gasteiger partial charge in [-0.1, -0.05) is 18.2 Å². The number of para-hydroxylation sites is 1. The molecule has 1 N–H and O–H groups in total. The molecule has 0 heterocycles. The lowest BCUT2D eigenvalue weighted by Crippen LogP contribution is -2.10. The molecule has 0 unspecified atom stereocenters. The van der Waals surface area contributed by atoms with Crippen LogP contribution in [-0.4, -0.2) is 20.4 Å². The van der Waals surface area contributed by atoms with Crippen molar-refractivity contribution in [1.82, 2.24) is 0 Å². The van der Waals surface area contributed by atoms with Gasteiger partial charge in [0.15, 0.2) is 0 Å². The number of benzene rings is 1. The van der Waals surface area contributed by atoms with Crippen molar-refractivity contribution in [3.05, 3.63) is 30.3 Å². The zero-order valence-corrected chi connectivity index (χ0v) is 6.06.